The van der Waals surface area contributed by atoms with Crippen molar-refractivity contribution >= 4 is 62.0 Å². The molecule has 0 aliphatic carbocycles. The smallest absolute Gasteiger partial charge is 0.335 e. The molecule has 0 bridgehead atoms. The molecule has 0 saturated carbocycles. The second kappa shape index (κ2) is 10.5. The number of carboxylic acids is 1. The number of amidine groups is 1. The maximum absolute atomic E-state index is 13.2. The highest BCUT2D eigenvalue weighted by atomic mass is 79.9. The number of thioether (sulfide) groups is 1. The first-order valence-electron chi connectivity index (χ1n) is 11.9. The third kappa shape index (κ3) is 5.14. The molecule has 0 radical (unpaired) electrons. The van der Waals surface area contributed by atoms with Gasteiger partial charge in [-0.05, 0) is 54.4 Å². The fourth-order valence-electron chi connectivity index (χ4n) is 4.47. The first-order chi connectivity index (χ1) is 18.2. The number of hydrogen-bond acceptors (Lipinski definition) is 6. The van der Waals surface area contributed by atoms with E-state index in [9.17, 15) is 14.4 Å². The van der Waals surface area contributed by atoms with Gasteiger partial charge in [-0.1, -0.05) is 69.7 Å². The van der Waals surface area contributed by atoms with Crippen molar-refractivity contribution in [2.24, 2.45) is 5.10 Å². The number of nitrogens with one attached hydrogen (secondary N) is 1. The maximum atomic E-state index is 13.2. The largest absolute Gasteiger partial charge is 0.478 e. The molecule has 1 fully saturated rings. The lowest BCUT2D eigenvalue weighted by molar-refractivity contribution is -0.121. The molecule has 1 saturated heterocycles. The van der Waals surface area contributed by atoms with Gasteiger partial charge in [0.2, 0.25) is 11.8 Å². The van der Waals surface area contributed by atoms with E-state index in [0.717, 1.165) is 43.5 Å². The number of carboxylic acid groups (broad SMARTS) is 1. The zero-order chi connectivity index (χ0) is 27.0. The van der Waals surface area contributed by atoms with Crippen LogP contribution in [0.2, 0.25) is 0 Å². The van der Waals surface area contributed by atoms with Gasteiger partial charge in [-0.2, -0.15) is 5.10 Å². The molecule has 3 aromatic rings. The molecular formula is C28H23BrN4O4S. The van der Waals surface area contributed by atoms with Gasteiger partial charge in [0, 0.05) is 17.3 Å². The Hall–Kier alpha value is -3.76. The predicted molar refractivity (Wildman–Crippen MR) is 151 cm³/mol. The minimum atomic E-state index is -1.09. The average molecular weight is 591 g/mol. The number of rotatable bonds is 5. The number of aryl methyl sites for hydroxylation is 1. The van der Waals surface area contributed by atoms with Gasteiger partial charge < -0.3 is 5.11 Å². The van der Waals surface area contributed by atoms with Crippen LogP contribution in [0.5, 0.6) is 0 Å². The number of carbonyl (C=O) groups is 3. The van der Waals surface area contributed by atoms with E-state index in [1.807, 2.05) is 55.5 Å². The number of anilines is 1. The zero-order valence-electron chi connectivity index (χ0n) is 20.3. The van der Waals surface area contributed by atoms with E-state index in [1.165, 1.54) is 24.3 Å². The topological polar surface area (TPSA) is 114 Å². The summed E-state index contributed by atoms with van der Waals surface area (Å²) in [6, 6.07) is 21.3. The van der Waals surface area contributed by atoms with Crippen LogP contribution in [0.25, 0.3) is 0 Å². The molecule has 2 aliphatic heterocycles. The van der Waals surface area contributed by atoms with Gasteiger partial charge in [0.15, 0.2) is 5.17 Å². The molecule has 2 heterocycles. The van der Waals surface area contributed by atoms with Crippen LogP contribution in [0.4, 0.5) is 5.69 Å². The molecule has 5 rings (SSSR count). The number of carbonyl (C=O) groups excluding carboxylic acids is 2. The summed E-state index contributed by atoms with van der Waals surface area (Å²) in [6.07, 6.45) is 0.533. The van der Waals surface area contributed by atoms with Crippen LogP contribution in [0.15, 0.2) is 82.4 Å². The summed E-state index contributed by atoms with van der Waals surface area (Å²) in [5, 5.41) is 23.7. The molecule has 38 heavy (non-hydrogen) atoms. The van der Waals surface area contributed by atoms with Gasteiger partial charge in [-0.3, -0.25) is 15.0 Å². The van der Waals surface area contributed by atoms with Gasteiger partial charge >= 0.3 is 5.97 Å². The van der Waals surface area contributed by atoms with Crippen molar-refractivity contribution in [3.63, 3.8) is 0 Å². The fourth-order valence-corrected chi connectivity index (χ4v) is 5.71. The van der Waals surface area contributed by atoms with E-state index < -0.39 is 23.0 Å². The maximum Gasteiger partial charge on any atom is 0.335 e. The standard InChI is InChI=1S/C28H23BrN4O4S/c1-16-2-4-17(5-3-16)22-14-23(18-6-10-20(29)11-7-18)33(31-22)28(30)38-24-15-25(34)32(26(24)35)21-12-8-19(9-13-21)27(36)37/h2-13,23-24,30H,14-15H2,1H3,(H,36,37)/t23-,24-/m1/s1. The Morgan fingerprint density at radius 3 is 2.29 bits per heavy atom. The Labute approximate surface area is 232 Å². The van der Waals surface area contributed by atoms with Crippen molar-refractivity contribution in [1.82, 2.24) is 5.01 Å². The number of aromatic carboxylic acids is 1. The number of hydrazone groups is 1. The number of hydrogen-bond donors (Lipinski definition) is 2. The molecule has 10 heteroatoms. The third-order valence-corrected chi connectivity index (χ3v) is 8.08. The Balaban J connectivity index is 1.38. The van der Waals surface area contributed by atoms with Crippen molar-refractivity contribution in [3.8, 4) is 0 Å². The van der Waals surface area contributed by atoms with E-state index in [-0.39, 0.29) is 23.2 Å². The molecule has 0 unspecified atom stereocenters. The lowest BCUT2D eigenvalue weighted by atomic mass is 9.98. The van der Waals surface area contributed by atoms with Crippen LogP contribution in [0.1, 0.15) is 45.9 Å². The van der Waals surface area contributed by atoms with Crippen LogP contribution in [-0.4, -0.2) is 44.0 Å². The quantitative estimate of drug-likeness (QED) is 0.227. The number of amides is 2. The highest BCUT2D eigenvalue weighted by Crippen LogP contribution is 2.38. The van der Waals surface area contributed by atoms with Crippen LogP contribution in [-0.2, 0) is 9.59 Å². The summed E-state index contributed by atoms with van der Waals surface area (Å²) >= 11 is 4.48. The summed E-state index contributed by atoms with van der Waals surface area (Å²) < 4.78 is 0.946. The summed E-state index contributed by atoms with van der Waals surface area (Å²) in [4.78, 5) is 38.2. The van der Waals surface area contributed by atoms with Crippen LogP contribution >= 0.6 is 27.7 Å². The zero-order valence-corrected chi connectivity index (χ0v) is 22.7. The van der Waals surface area contributed by atoms with Crippen molar-refractivity contribution in [2.45, 2.75) is 31.1 Å². The Bertz CT molecular complexity index is 1460. The highest BCUT2D eigenvalue weighted by molar-refractivity contribution is 9.10. The molecule has 8 nitrogen and oxygen atoms in total. The molecule has 2 atom stereocenters. The number of nitrogens with zero attached hydrogens (tertiary/aromatic N) is 3. The normalized spacial score (nSPS) is 19.2. The number of imide groups is 1. The molecule has 192 valence electrons. The van der Waals surface area contributed by atoms with E-state index in [2.05, 4.69) is 15.9 Å². The van der Waals surface area contributed by atoms with Crippen LogP contribution < -0.4 is 4.90 Å². The summed E-state index contributed by atoms with van der Waals surface area (Å²) in [5.74, 6) is -1.91. The minimum Gasteiger partial charge on any atom is -0.478 e. The third-order valence-electron chi connectivity index (χ3n) is 6.49. The first-order valence-corrected chi connectivity index (χ1v) is 13.5. The van der Waals surface area contributed by atoms with Crippen molar-refractivity contribution in [1.29, 1.82) is 5.41 Å². The molecular weight excluding hydrogens is 568 g/mol. The Morgan fingerprint density at radius 2 is 1.66 bits per heavy atom. The molecule has 0 aromatic heterocycles. The SMILES string of the molecule is Cc1ccc(C2=NN(C(=N)S[C@@H]3CC(=O)N(c4ccc(C(=O)O)cc4)C3=O)[C@@H](c3ccc(Br)cc3)C2)cc1. The minimum absolute atomic E-state index is 0.0577. The lowest BCUT2D eigenvalue weighted by Crippen LogP contribution is -2.32. The second-order valence-electron chi connectivity index (χ2n) is 9.06. The van der Waals surface area contributed by atoms with Crippen LogP contribution in [0, 0.1) is 12.3 Å². The second-order valence-corrected chi connectivity index (χ2v) is 11.2. The number of benzene rings is 3. The van der Waals surface area contributed by atoms with Crippen molar-refractivity contribution in [3.05, 3.63) is 99.5 Å². The van der Waals surface area contributed by atoms with Crippen molar-refractivity contribution < 1.29 is 19.5 Å². The van der Waals surface area contributed by atoms with Gasteiger partial charge in [0.05, 0.1) is 23.0 Å². The summed E-state index contributed by atoms with van der Waals surface area (Å²) in [5.41, 5.74) is 4.32. The molecule has 3 aromatic carbocycles. The van der Waals surface area contributed by atoms with Crippen LogP contribution in [0.3, 0.4) is 0 Å². The van der Waals surface area contributed by atoms with E-state index in [4.69, 9.17) is 15.6 Å². The first kappa shape index (κ1) is 25.9. The van der Waals surface area contributed by atoms with E-state index in [1.54, 1.807) is 5.01 Å². The van der Waals surface area contributed by atoms with Gasteiger partial charge in [-0.25, -0.2) is 14.7 Å². The summed E-state index contributed by atoms with van der Waals surface area (Å²) in [7, 11) is 0. The van der Waals surface area contributed by atoms with Gasteiger partial charge in [0.25, 0.3) is 0 Å². The van der Waals surface area contributed by atoms with E-state index >= 15 is 0 Å². The fraction of sp³-hybridized carbons (Fsp3) is 0.179. The highest BCUT2D eigenvalue weighted by Gasteiger charge is 2.42. The van der Waals surface area contributed by atoms with Gasteiger partial charge in [-0.15, -0.1) is 0 Å². The Kier molecular flexibility index (Phi) is 7.18. The predicted octanol–water partition coefficient (Wildman–Crippen LogP) is 5.61. The molecule has 2 amide bonds. The van der Waals surface area contributed by atoms with Crippen molar-refractivity contribution in [2.75, 3.05) is 4.90 Å². The summed E-state index contributed by atoms with van der Waals surface area (Å²) in [6.45, 7) is 2.02. The molecule has 2 N–H and O–H groups in total. The van der Waals surface area contributed by atoms with Gasteiger partial charge in [0.1, 0.15) is 5.25 Å². The molecule has 0 spiro atoms. The number of halogens is 1. The lowest BCUT2D eigenvalue weighted by Gasteiger charge is -2.24. The average Bonchev–Trinajstić information content (AvgIpc) is 3.46. The monoisotopic (exact) mass is 590 g/mol. The Morgan fingerprint density at radius 1 is 1.00 bits per heavy atom. The van der Waals surface area contributed by atoms with E-state index in [0.29, 0.717) is 12.1 Å². The molecule has 2 aliphatic rings.